The number of aryl methyl sites for hydroxylation is 2. The Bertz CT molecular complexity index is 598. The SMILES string of the molecule is CCNc1cc(Nc2ccc(F)c(C)c2)nc(CC)n1. The molecule has 0 aliphatic carbocycles. The second-order valence-corrected chi connectivity index (χ2v) is 4.53. The average molecular weight is 274 g/mol. The van der Waals surface area contributed by atoms with Crippen molar-refractivity contribution >= 4 is 17.3 Å². The number of anilines is 3. The summed E-state index contributed by atoms with van der Waals surface area (Å²) in [6.07, 6.45) is 0.760. The topological polar surface area (TPSA) is 49.8 Å². The molecule has 1 aromatic heterocycles. The normalized spacial score (nSPS) is 10.4. The molecular formula is C15H19FN4. The first kappa shape index (κ1) is 14.2. The first-order chi connectivity index (χ1) is 9.62. The van der Waals surface area contributed by atoms with Crippen molar-refractivity contribution in [2.24, 2.45) is 0 Å². The van der Waals surface area contributed by atoms with Crippen LogP contribution in [0.5, 0.6) is 0 Å². The average Bonchev–Trinajstić information content (AvgIpc) is 2.43. The van der Waals surface area contributed by atoms with Gasteiger partial charge in [-0.2, -0.15) is 0 Å². The summed E-state index contributed by atoms with van der Waals surface area (Å²) in [6, 6.07) is 6.76. The molecule has 0 unspecified atom stereocenters. The fourth-order valence-electron chi connectivity index (χ4n) is 1.86. The highest BCUT2D eigenvalue weighted by Gasteiger charge is 2.05. The summed E-state index contributed by atoms with van der Waals surface area (Å²) in [5, 5.41) is 6.37. The smallest absolute Gasteiger partial charge is 0.136 e. The van der Waals surface area contributed by atoms with Crippen LogP contribution in [0.2, 0.25) is 0 Å². The Morgan fingerprint density at radius 2 is 1.85 bits per heavy atom. The summed E-state index contributed by atoms with van der Waals surface area (Å²) in [7, 11) is 0. The van der Waals surface area contributed by atoms with Gasteiger partial charge in [-0.3, -0.25) is 0 Å². The van der Waals surface area contributed by atoms with Crippen molar-refractivity contribution in [1.29, 1.82) is 0 Å². The van der Waals surface area contributed by atoms with Crippen LogP contribution in [-0.2, 0) is 6.42 Å². The molecule has 0 bridgehead atoms. The van der Waals surface area contributed by atoms with E-state index < -0.39 is 0 Å². The largest absolute Gasteiger partial charge is 0.370 e. The minimum absolute atomic E-state index is 0.208. The van der Waals surface area contributed by atoms with Crippen LogP contribution in [0.25, 0.3) is 0 Å². The Morgan fingerprint density at radius 3 is 2.50 bits per heavy atom. The Kier molecular flexibility index (Phi) is 4.50. The lowest BCUT2D eigenvalue weighted by Crippen LogP contribution is -2.05. The molecule has 0 saturated carbocycles. The summed E-state index contributed by atoms with van der Waals surface area (Å²) < 4.78 is 13.3. The molecule has 0 spiro atoms. The number of halogens is 1. The number of aromatic nitrogens is 2. The summed E-state index contributed by atoms with van der Waals surface area (Å²) in [5.74, 6) is 2.06. The van der Waals surface area contributed by atoms with Gasteiger partial charge in [-0.05, 0) is 37.6 Å². The van der Waals surface area contributed by atoms with Crippen LogP contribution in [0.1, 0.15) is 25.2 Å². The number of benzene rings is 1. The highest BCUT2D eigenvalue weighted by atomic mass is 19.1. The first-order valence-corrected chi connectivity index (χ1v) is 6.77. The molecule has 0 saturated heterocycles. The zero-order chi connectivity index (χ0) is 14.5. The quantitative estimate of drug-likeness (QED) is 0.873. The summed E-state index contributed by atoms with van der Waals surface area (Å²) in [5.41, 5.74) is 1.42. The number of hydrogen-bond acceptors (Lipinski definition) is 4. The monoisotopic (exact) mass is 274 g/mol. The standard InChI is InChI=1S/C15H19FN4/c1-4-13-19-14(17-5-2)9-15(20-13)18-11-6-7-12(16)10(3)8-11/h6-9H,4-5H2,1-3H3,(H2,17,18,19,20). The predicted octanol–water partition coefficient (Wildman–Crippen LogP) is 3.66. The molecule has 2 N–H and O–H groups in total. The molecule has 0 amide bonds. The highest BCUT2D eigenvalue weighted by Crippen LogP contribution is 2.20. The van der Waals surface area contributed by atoms with Crippen molar-refractivity contribution in [1.82, 2.24) is 9.97 Å². The summed E-state index contributed by atoms with van der Waals surface area (Å²) in [4.78, 5) is 8.82. The number of nitrogens with zero attached hydrogens (tertiary/aromatic N) is 2. The Morgan fingerprint density at radius 1 is 1.10 bits per heavy atom. The van der Waals surface area contributed by atoms with E-state index in [0.29, 0.717) is 11.4 Å². The van der Waals surface area contributed by atoms with Crippen molar-refractivity contribution < 1.29 is 4.39 Å². The van der Waals surface area contributed by atoms with E-state index >= 15 is 0 Å². The van der Waals surface area contributed by atoms with E-state index in [2.05, 4.69) is 20.6 Å². The van der Waals surface area contributed by atoms with Crippen LogP contribution in [0.15, 0.2) is 24.3 Å². The van der Waals surface area contributed by atoms with E-state index in [1.54, 1.807) is 19.1 Å². The van der Waals surface area contributed by atoms with Crippen molar-refractivity contribution in [3.8, 4) is 0 Å². The second kappa shape index (κ2) is 6.32. The molecule has 2 rings (SSSR count). The fourth-order valence-corrected chi connectivity index (χ4v) is 1.86. The predicted molar refractivity (Wildman–Crippen MR) is 80.0 cm³/mol. The van der Waals surface area contributed by atoms with E-state index in [-0.39, 0.29) is 5.82 Å². The molecule has 0 radical (unpaired) electrons. The summed E-state index contributed by atoms with van der Waals surface area (Å²) in [6.45, 7) is 6.57. The second-order valence-electron chi connectivity index (χ2n) is 4.53. The number of rotatable bonds is 5. The Balaban J connectivity index is 2.27. The number of nitrogens with one attached hydrogen (secondary N) is 2. The maximum atomic E-state index is 13.3. The maximum absolute atomic E-state index is 13.3. The van der Waals surface area contributed by atoms with Crippen LogP contribution in [0.3, 0.4) is 0 Å². The third-order valence-corrected chi connectivity index (χ3v) is 2.88. The molecule has 0 aliphatic rings. The van der Waals surface area contributed by atoms with Crippen molar-refractivity contribution in [3.05, 3.63) is 41.5 Å². The molecular weight excluding hydrogens is 255 g/mol. The Hall–Kier alpha value is -2.17. The molecule has 20 heavy (non-hydrogen) atoms. The molecule has 1 heterocycles. The van der Waals surface area contributed by atoms with Crippen LogP contribution in [0, 0.1) is 12.7 Å². The van der Waals surface area contributed by atoms with E-state index in [9.17, 15) is 4.39 Å². The zero-order valence-electron chi connectivity index (χ0n) is 12.0. The zero-order valence-corrected chi connectivity index (χ0v) is 12.0. The van der Waals surface area contributed by atoms with Crippen LogP contribution >= 0.6 is 0 Å². The molecule has 106 valence electrons. The lowest BCUT2D eigenvalue weighted by molar-refractivity contribution is 0.619. The minimum Gasteiger partial charge on any atom is -0.370 e. The van der Waals surface area contributed by atoms with Gasteiger partial charge in [-0.15, -0.1) is 0 Å². The van der Waals surface area contributed by atoms with Gasteiger partial charge in [0, 0.05) is 24.7 Å². The van der Waals surface area contributed by atoms with Crippen molar-refractivity contribution in [2.75, 3.05) is 17.2 Å². The van der Waals surface area contributed by atoms with Gasteiger partial charge in [0.2, 0.25) is 0 Å². The molecule has 2 aromatic rings. The summed E-state index contributed by atoms with van der Waals surface area (Å²) >= 11 is 0. The molecule has 4 nitrogen and oxygen atoms in total. The maximum Gasteiger partial charge on any atom is 0.136 e. The van der Waals surface area contributed by atoms with Gasteiger partial charge in [-0.25, -0.2) is 14.4 Å². The Labute approximate surface area is 118 Å². The van der Waals surface area contributed by atoms with Crippen LogP contribution in [-0.4, -0.2) is 16.5 Å². The lowest BCUT2D eigenvalue weighted by Gasteiger charge is -2.10. The van der Waals surface area contributed by atoms with Gasteiger partial charge in [0.25, 0.3) is 0 Å². The van der Waals surface area contributed by atoms with Crippen molar-refractivity contribution in [3.63, 3.8) is 0 Å². The molecule has 0 fully saturated rings. The van der Waals surface area contributed by atoms with Crippen LogP contribution < -0.4 is 10.6 Å². The van der Waals surface area contributed by atoms with Gasteiger partial charge < -0.3 is 10.6 Å². The lowest BCUT2D eigenvalue weighted by atomic mass is 10.2. The fraction of sp³-hybridized carbons (Fsp3) is 0.333. The molecule has 1 aromatic carbocycles. The minimum atomic E-state index is -0.208. The van der Waals surface area contributed by atoms with E-state index in [4.69, 9.17) is 0 Å². The van der Waals surface area contributed by atoms with Crippen molar-refractivity contribution in [2.45, 2.75) is 27.2 Å². The van der Waals surface area contributed by atoms with Gasteiger partial charge in [0.05, 0.1) is 0 Å². The van der Waals surface area contributed by atoms with E-state index in [1.165, 1.54) is 6.07 Å². The van der Waals surface area contributed by atoms with E-state index in [1.807, 2.05) is 19.9 Å². The van der Waals surface area contributed by atoms with E-state index in [0.717, 1.165) is 30.3 Å². The van der Waals surface area contributed by atoms with Gasteiger partial charge >= 0.3 is 0 Å². The molecule has 0 atom stereocenters. The molecule has 0 aliphatic heterocycles. The first-order valence-electron chi connectivity index (χ1n) is 6.77. The van der Waals surface area contributed by atoms with Gasteiger partial charge in [0.1, 0.15) is 23.3 Å². The van der Waals surface area contributed by atoms with Crippen LogP contribution in [0.4, 0.5) is 21.7 Å². The van der Waals surface area contributed by atoms with Gasteiger partial charge in [-0.1, -0.05) is 6.92 Å². The highest BCUT2D eigenvalue weighted by molar-refractivity contribution is 5.60. The third kappa shape index (κ3) is 3.44. The van der Waals surface area contributed by atoms with Gasteiger partial charge in [0.15, 0.2) is 0 Å². The number of hydrogen-bond donors (Lipinski definition) is 2. The third-order valence-electron chi connectivity index (χ3n) is 2.88. The molecule has 5 heteroatoms.